The maximum atomic E-state index is 12.5. The third-order valence-electron chi connectivity index (χ3n) is 4.98. The first-order valence-electron chi connectivity index (χ1n) is 9.11. The van der Waals surface area contributed by atoms with Crippen LogP contribution in [-0.4, -0.2) is 38.4 Å². The molecule has 0 amide bonds. The van der Waals surface area contributed by atoms with Gasteiger partial charge in [-0.05, 0) is 24.6 Å². The highest BCUT2D eigenvalue weighted by atomic mass is 16.6. The van der Waals surface area contributed by atoms with Crippen molar-refractivity contribution in [3.05, 3.63) is 80.0 Å². The number of ether oxygens (including phenoxy) is 1. The predicted octanol–water partition coefficient (Wildman–Crippen LogP) is 2.31. The molecule has 1 aromatic carbocycles. The molecule has 148 valence electrons. The van der Waals surface area contributed by atoms with Gasteiger partial charge in [-0.25, -0.2) is 4.98 Å². The Labute approximate surface area is 166 Å². The maximum Gasteiger partial charge on any atom is 0.273 e. The second-order valence-corrected chi connectivity index (χ2v) is 6.79. The number of rotatable bonds is 5. The number of hydrogen-bond donors (Lipinski definition) is 1. The third-order valence-corrected chi connectivity index (χ3v) is 4.98. The molecule has 1 aliphatic heterocycles. The zero-order valence-electron chi connectivity index (χ0n) is 15.8. The highest BCUT2D eigenvalue weighted by Crippen LogP contribution is 2.27. The predicted molar refractivity (Wildman–Crippen MR) is 106 cm³/mol. The lowest BCUT2D eigenvalue weighted by Gasteiger charge is -2.28. The van der Waals surface area contributed by atoms with Gasteiger partial charge in [-0.1, -0.05) is 0 Å². The van der Waals surface area contributed by atoms with Crippen molar-refractivity contribution in [3.8, 4) is 17.1 Å². The van der Waals surface area contributed by atoms with Gasteiger partial charge in [-0.3, -0.25) is 24.8 Å². The number of nitro groups is 1. The standard InChI is InChI=1S/C20H19N5O4/c1-29-18-10-15(25(27)28)3-2-14(18)11-24-9-6-16-17(12-24)22-19(23-20(16)26)13-4-7-21-8-5-13/h2-5,7-8,10H,6,9,11-12H2,1H3,(H,22,23,26). The Morgan fingerprint density at radius 3 is 2.79 bits per heavy atom. The summed E-state index contributed by atoms with van der Waals surface area (Å²) in [6, 6.07) is 8.21. The van der Waals surface area contributed by atoms with Gasteiger partial charge < -0.3 is 9.72 Å². The monoisotopic (exact) mass is 393 g/mol. The van der Waals surface area contributed by atoms with E-state index in [1.54, 1.807) is 30.6 Å². The molecule has 2 aromatic heterocycles. The number of pyridine rings is 1. The molecule has 9 heteroatoms. The van der Waals surface area contributed by atoms with Crippen molar-refractivity contribution >= 4 is 5.69 Å². The van der Waals surface area contributed by atoms with Gasteiger partial charge in [0.25, 0.3) is 11.2 Å². The molecule has 0 unspecified atom stereocenters. The summed E-state index contributed by atoms with van der Waals surface area (Å²) in [6.07, 6.45) is 3.90. The summed E-state index contributed by atoms with van der Waals surface area (Å²) in [4.78, 5) is 36.7. The molecule has 3 aromatic rings. The van der Waals surface area contributed by atoms with E-state index in [0.717, 1.165) is 16.8 Å². The van der Waals surface area contributed by atoms with Crippen LogP contribution in [0.2, 0.25) is 0 Å². The number of nitrogens with one attached hydrogen (secondary N) is 1. The van der Waals surface area contributed by atoms with E-state index in [1.165, 1.54) is 19.2 Å². The largest absolute Gasteiger partial charge is 0.496 e. The van der Waals surface area contributed by atoms with E-state index in [1.807, 2.05) is 0 Å². The van der Waals surface area contributed by atoms with Crippen LogP contribution in [-0.2, 0) is 19.5 Å². The van der Waals surface area contributed by atoms with Crippen molar-refractivity contribution in [2.45, 2.75) is 19.5 Å². The van der Waals surface area contributed by atoms with Crippen molar-refractivity contribution in [1.82, 2.24) is 19.9 Å². The molecular formula is C20H19N5O4. The van der Waals surface area contributed by atoms with E-state index < -0.39 is 4.92 Å². The number of aromatic nitrogens is 3. The Morgan fingerprint density at radius 2 is 2.07 bits per heavy atom. The molecular weight excluding hydrogens is 374 g/mol. The lowest BCUT2D eigenvalue weighted by atomic mass is 10.0. The summed E-state index contributed by atoms with van der Waals surface area (Å²) in [7, 11) is 1.50. The molecule has 4 rings (SSSR count). The molecule has 0 bridgehead atoms. The molecule has 0 aliphatic carbocycles. The number of H-pyrrole nitrogens is 1. The Kier molecular flexibility index (Phi) is 5.05. The van der Waals surface area contributed by atoms with Gasteiger partial charge in [0.15, 0.2) is 0 Å². The van der Waals surface area contributed by atoms with Crippen molar-refractivity contribution < 1.29 is 9.66 Å². The van der Waals surface area contributed by atoms with Crippen LogP contribution in [0, 0.1) is 10.1 Å². The fraction of sp³-hybridized carbons (Fsp3) is 0.250. The first kappa shape index (κ1) is 18.8. The summed E-state index contributed by atoms with van der Waals surface area (Å²) in [5, 5.41) is 11.0. The van der Waals surface area contributed by atoms with Crippen LogP contribution in [0.15, 0.2) is 47.5 Å². The molecule has 0 saturated carbocycles. The van der Waals surface area contributed by atoms with Gasteiger partial charge in [-0.2, -0.15) is 0 Å². The third kappa shape index (κ3) is 3.85. The number of non-ortho nitro benzene ring substituents is 1. The minimum atomic E-state index is -0.444. The van der Waals surface area contributed by atoms with Gasteiger partial charge in [0.05, 0.1) is 23.8 Å². The first-order valence-corrected chi connectivity index (χ1v) is 9.11. The second kappa shape index (κ2) is 7.80. The van der Waals surface area contributed by atoms with Crippen LogP contribution < -0.4 is 10.3 Å². The summed E-state index contributed by atoms with van der Waals surface area (Å²) >= 11 is 0. The molecule has 1 N–H and O–H groups in total. The van der Waals surface area contributed by atoms with Crippen molar-refractivity contribution in [2.24, 2.45) is 0 Å². The smallest absolute Gasteiger partial charge is 0.273 e. The molecule has 3 heterocycles. The Hall–Kier alpha value is -3.59. The normalized spacial score (nSPS) is 13.7. The van der Waals surface area contributed by atoms with Gasteiger partial charge in [0, 0.05) is 54.8 Å². The zero-order valence-corrected chi connectivity index (χ0v) is 15.8. The Balaban J connectivity index is 1.60. The van der Waals surface area contributed by atoms with Crippen molar-refractivity contribution in [1.29, 1.82) is 0 Å². The molecule has 9 nitrogen and oxygen atoms in total. The number of methoxy groups -OCH3 is 1. The molecule has 0 fully saturated rings. The molecule has 0 saturated heterocycles. The summed E-state index contributed by atoms with van der Waals surface area (Å²) in [5.41, 5.74) is 2.97. The van der Waals surface area contributed by atoms with Gasteiger partial charge in [0.2, 0.25) is 0 Å². The number of benzene rings is 1. The SMILES string of the molecule is COc1cc([N+](=O)[O-])ccc1CN1CCc2c(nc(-c3ccncc3)[nH]c2=O)C1. The van der Waals surface area contributed by atoms with E-state index in [-0.39, 0.29) is 11.2 Å². The molecule has 29 heavy (non-hydrogen) atoms. The summed E-state index contributed by atoms with van der Waals surface area (Å²) in [5.74, 6) is 0.993. The first-order chi connectivity index (χ1) is 14.0. The number of fused-ring (bicyclic) bond motifs is 1. The maximum absolute atomic E-state index is 12.5. The minimum Gasteiger partial charge on any atom is -0.496 e. The molecule has 0 spiro atoms. The summed E-state index contributed by atoms with van der Waals surface area (Å²) < 4.78 is 5.34. The topological polar surface area (TPSA) is 114 Å². The average molecular weight is 393 g/mol. The van der Waals surface area contributed by atoms with Crippen LogP contribution in [0.3, 0.4) is 0 Å². The van der Waals surface area contributed by atoms with Crippen molar-refractivity contribution in [2.75, 3.05) is 13.7 Å². The fourth-order valence-corrected chi connectivity index (χ4v) is 3.49. The van der Waals surface area contributed by atoms with E-state index in [9.17, 15) is 14.9 Å². The van der Waals surface area contributed by atoms with Crippen LogP contribution in [0.5, 0.6) is 5.75 Å². The number of nitrogens with zero attached hydrogens (tertiary/aromatic N) is 4. The van der Waals surface area contributed by atoms with Gasteiger partial charge in [-0.15, -0.1) is 0 Å². The van der Waals surface area contributed by atoms with Crippen LogP contribution >= 0.6 is 0 Å². The second-order valence-electron chi connectivity index (χ2n) is 6.79. The molecule has 0 atom stereocenters. The van der Waals surface area contributed by atoms with Crippen molar-refractivity contribution in [3.63, 3.8) is 0 Å². The van der Waals surface area contributed by atoms with Crippen LogP contribution in [0.25, 0.3) is 11.4 Å². The number of hydrogen-bond acceptors (Lipinski definition) is 7. The van der Waals surface area contributed by atoms with E-state index in [0.29, 0.717) is 43.2 Å². The highest BCUT2D eigenvalue weighted by molar-refractivity contribution is 5.54. The van der Waals surface area contributed by atoms with E-state index in [2.05, 4.69) is 19.9 Å². The zero-order chi connectivity index (χ0) is 20.4. The van der Waals surface area contributed by atoms with E-state index >= 15 is 0 Å². The van der Waals surface area contributed by atoms with E-state index in [4.69, 9.17) is 4.74 Å². The lowest BCUT2D eigenvalue weighted by Crippen LogP contribution is -2.35. The average Bonchev–Trinajstić information content (AvgIpc) is 2.74. The highest BCUT2D eigenvalue weighted by Gasteiger charge is 2.23. The minimum absolute atomic E-state index is 0.00946. The molecule has 1 aliphatic rings. The Morgan fingerprint density at radius 1 is 1.28 bits per heavy atom. The van der Waals surface area contributed by atoms with Gasteiger partial charge in [0.1, 0.15) is 11.6 Å². The van der Waals surface area contributed by atoms with Gasteiger partial charge >= 0.3 is 0 Å². The summed E-state index contributed by atoms with van der Waals surface area (Å²) in [6.45, 7) is 1.74. The van der Waals surface area contributed by atoms with Crippen LogP contribution in [0.4, 0.5) is 5.69 Å². The number of nitro benzene ring substituents is 1. The number of aromatic amines is 1. The fourth-order valence-electron chi connectivity index (χ4n) is 3.49. The van der Waals surface area contributed by atoms with Crippen LogP contribution in [0.1, 0.15) is 16.8 Å². The Bertz CT molecular complexity index is 1110. The lowest BCUT2D eigenvalue weighted by molar-refractivity contribution is -0.384. The quantitative estimate of drug-likeness (QED) is 0.522. The molecule has 0 radical (unpaired) electrons.